The number of ether oxygens (including phenoxy) is 2. The fraction of sp³-hybridized carbons (Fsp3) is 0.700. The van der Waals surface area contributed by atoms with Crippen LogP contribution in [-0.2, 0) is 19.1 Å². The molecule has 2 rings (SSSR count). The third-order valence-corrected chi connectivity index (χ3v) is 5.51. The predicted molar refractivity (Wildman–Crippen MR) is 101 cm³/mol. The van der Waals surface area contributed by atoms with E-state index in [1.54, 1.807) is 20.8 Å². The fourth-order valence-corrected chi connectivity index (χ4v) is 3.71. The van der Waals surface area contributed by atoms with E-state index in [1.807, 2.05) is 6.08 Å². The Morgan fingerprint density at radius 1 is 1.39 bits per heavy atom. The van der Waals surface area contributed by atoms with Gasteiger partial charge in [0.2, 0.25) is 0 Å². The molecular formula is C20H31NO7. The summed E-state index contributed by atoms with van der Waals surface area (Å²) in [5.74, 6) is -1.90. The number of carbonyl (C=O) groups excluding carboxylic acids is 2. The molecule has 2 aliphatic rings. The SMILES string of the molecule is C/C(=C\C(=O)O[C@@H]1CCN2CC=C(COC(=O)[C@](O)(C(C)C)[C@H](C)O)[C@H]12)CO. The van der Waals surface area contributed by atoms with E-state index in [-0.39, 0.29) is 25.4 Å². The maximum Gasteiger partial charge on any atom is 0.341 e. The molecule has 0 radical (unpaired) electrons. The Morgan fingerprint density at radius 3 is 2.64 bits per heavy atom. The van der Waals surface area contributed by atoms with Gasteiger partial charge in [0.05, 0.1) is 18.8 Å². The van der Waals surface area contributed by atoms with E-state index in [0.717, 1.165) is 12.1 Å². The molecule has 158 valence electrons. The van der Waals surface area contributed by atoms with Crippen molar-refractivity contribution in [2.75, 3.05) is 26.3 Å². The molecule has 2 aliphatic heterocycles. The predicted octanol–water partition coefficient (Wildman–Crippen LogP) is 0.162. The Balaban J connectivity index is 2.01. The largest absolute Gasteiger partial charge is 0.459 e. The molecule has 0 amide bonds. The maximum absolute atomic E-state index is 12.4. The second-order valence-electron chi connectivity index (χ2n) is 7.86. The highest BCUT2D eigenvalue weighted by atomic mass is 16.6. The summed E-state index contributed by atoms with van der Waals surface area (Å²) < 4.78 is 10.9. The van der Waals surface area contributed by atoms with Gasteiger partial charge in [-0.1, -0.05) is 19.9 Å². The van der Waals surface area contributed by atoms with Gasteiger partial charge in [-0.15, -0.1) is 0 Å². The molecule has 0 aromatic heterocycles. The van der Waals surface area contributed by atoms with Crippen LogP contribution in [0.1, 0.15) is 34.1 Å². The van der Waals surface area contributed by atoms with E-state index < -0.39 is 29.6 Å². The lowest BCUT2D eigenvalue weighted by atomic mass is 9.85. The Kier molecular flexibility index (Phi) is 7.39. The number of hydrogen-bond acceptors (Lipinski definition) is 8. The van der Waals surface area contributed by atoms with Crippen LogP contribution < -0.4 is 0 Å². The van der Waals surface area contributed by atoms with E-state index >= 15 is 0 Å². The van der Waals surface area contributed by atoms with Crippen molar-refractivity contribution in [1.82, 2.24) is 4.90 Å². The summed E-state index contributed by atoms with van der Waals surface area (Å²) >= 11 is 0. The van der Waals surface area contributed by atoms with E-state index in [4.69, 9.17) is 14.6 Å². The van der Waals surface area contributed by atoms with Crippen molar-refractivity contribution in [3.63, 3.8) is 0 Å². The average molecular weight is 397 g/mol. The van der Waals surface area contributed by atoms with Crippen LogP contribution in [0, 0.1) is 5.92 Å². The molecule has 4 atom stereocenters. The van der Waals surface area contributed by atoms with Crippen LogP contribution in [0.25, 0.3) is 0 Å². The molecule has 0 spiro atoms. The number of carbonyl (C=O) groups is 2. The fourth-order valence-electron chi connectivity index (χ4n) is 3.71. The number of aliphatic hydroxyl groups is 3. The zero-order chi connectivity index (χ0) is 21.1. The Hall–Kier alpha value is -1.74. The molecule has 2 heterocycles. The second-order valence-corrected chi connectivity index (χ2v) is 7.86. The average Bonchev–Trinajstić information content (AvgIpc) is 3.21. The van der Waals surface area contributed by atoms with Crippen LogP contribution in [0.4, 0.5) is 0 Å². The van der Waals surface area contributed by atoms with Gasteiger partial charge in [-0.25, -0.2) is 9.59 Å². The molecule has 3 N–H and O–H groups in total. The van der Waals surface area contributed by atoms with Gasteiger partial charge in [0.15, 0.2) is 5.60 Å². The van der Waals surface area contributed by atoms with Gasteiger partial charge in [0.25, 0.3) is 0 Å². The van der Waals surface area contributed by atoms with Gasteiger partial charge in [0, 0.05) is 19.2 Å². The van der Waals surface area contributed by atoms with Gasteiger partial charge in [-0.05, 0) is 37.3 Å². The third kappa shape index (κ3) is 4.63. The molecule has 0 aromatic rings. The summed E-state index contributed by atoms with van der Waals surface area (Å²) in [6, 6.07) is -0.182. The minimum atomic E-state index is -1.98. The Labute approximate surface area is 165 Å². The summed E-state index contributed by atoms with van der Waals surface area (Å²) in [5.41, 5.74) is -0.655. The molecular weight excluding hydrogens is 366 g/mol. The molecule has 0 aromatic carbocycles. The third-order valence-electron chi connectivity index (χ3n) is 5.51. The monoisotopic (exact) mass is 397 g/mol. The number of nitrogens with zero attached hydrogens (tertiary/aromatic N) is 1. The first-order chi connectivity index (χ1) is 13.1. The van der Waals surface area contributed by atoms with Crippen LogP contribution in [0.15, 0.2) is 23.3 Å². The summed E-state index contributed by atoms with van der Waals surface area (Å²) in [7, 11) is 0. The Bertz CT molecular complexity index is 645. The van der Waals surface area contributed by atoms with E-state index in [1.165, 1.54) is 13.0 Å². The van der Waals surface area contributed by atoms with Gasteiger partial charge in [-0.2, -0.15) is 0 Å². The smallest absolute Gasteiger partial charge is 0.341 e. The van der Waals surface area contributed by atoms with Crippen molar-refractivity contribution >= 4 is 11.9 Å². The molecule has 1 fully saturated rings. The second kappa shape index (κ2) is 9.17. The number of fused-ring (bicyclic) bond motifs is 1. The van der Waals surface area contributed by atoms with Crippen LogP contribution >= 0.6 is 0 Å². The highest BCUT2D eigenvalue weighted by Gasteiger charge is 2.47. The van der Waals surface area contributed by atoms with Gasteiger partial charge >= 0.3 is 11.9 Å². The molecule has 0 aliphatic carbocycles. The number of esters is 2. The summed E-state index contributed by atoms with van der Waals surface area (Å²) in [6.45, 7) is 7.44. The molecule has 0 unspecified atom stereocenters. The van der Waals surface area contributed by atoms with Crippen molar-refractivity contribution in [1.29, 1.82) is 0 Å². The van der Waals surface area contributed by atoms with E-state index in [9.17, 15) is 19.8 Å². The number of rotatable bonds is 8. The van der Waals surface area contributed by atoms with Gasteiger partial charge in [-0.3, -0.25) is 4.90 Å². The van der Waals surface area contributed by atoms with E-state index in [0.29, 0.717) is 18.5 Å². The Morgan fingerprint density at radius 2 is 2.07 bits per heavy atom. The molecule has 1 saturated heterocycles. The zero-order valence-electron chi connectivity index (χ0n) is 16.9. The summed E-state index contributed by atoms with van der Waals surface area (Å²) in [5, 5.41) is 29.4. The lowest BCUT2D eigenvalue weighted by Gasteiger charge is -2.32. The lowest BCUT2D eigenvalue weighted by molar-refractivity contribution is -0.183. The normalized spacial score (nSPS) is 25.9. The maximum atomic E-state index is 12.4. The first kappa shape index (κ1) is 22.5. The van der Waals surface area contributed by atoms with Crippen LogP contribution in [0.5, 0.6) is 0 Å². The van der Waals surface area contributed by atoms with Crippen LogP contribution in [-0.4, -0.2) is 82.3 Å². The van der Waals surface area contributed by atoms with Crippen LogP contribution in [0.3, 0.4) is 0 Å². The molecule has 28 heavy (non-hydrogen) atoms. The van der Waals surface area contributed by atoms with Crippen LogP contribution in [0.2, 0.25) is 0 Å². The number of hydrogen-bond donors (Lipinski definition) is 3. The van der Waals surface area contributed by atoms with E-state index in [2.05, 4.69) is 4.90 Å². The quantitative estimate of drug-likeness (QED) is 0.301. The highest BCUT2D eigenvalue weighted by Crippen LogP contribution is 2.32. The first-order valence-corrected chi connectivity index (χ1v) is 9.60. The summed E-state index contributed by atoms with van der Waals surface area (Å²) in [4.78, 5) is 26.6. The minimum Gasteiger partial charge on any atom is -0.459 e. The van der Waals surface area contributed by atoms with Crippen molar-refractivity contribution in [2.45, 2.75) is 58.0 Å². The standard InChI is InChI=1S/C20H31NO7/c1-12(2)20(26,14(4)23)19(25)27-11-15-5-7-21-8-6-16(18(15)21)28-17(24)9-13(3)10-22/h5,9,12,14,16,18,22-23,26H,6-8,10-11H2,1-4H3/b13-9+/t14-,16+,18+,20-/m0/s1. The lowest BCUT2D eigenvalue weighted by Crippen LogP contribution is -2.53. The minimum absolute atomic E-state index is 0.0404. The van der Waals surface area contributed by atoms with Crippen molar-refractivity contribution in [3.8, 4) is 0 Å². The molecule has 8 heteroatoms. The van der Waals surface area contributed by atoms with Gasteiger partial charge < -0.3 is 24.8 Å². The summed E-state index contributed by atoms with van der Waals surface area (Å²) in [6.07, 6.45) is 2.23. The van der Waals surface area contributed by atoms with Crippen molar-refractivity contribution < 1.29 is 34.4 Å². The van der Waals surface area contributed by atoms with Crippen molar-refractivity contribution in [3.05, 3.63) is 23.3 Å². The number of aliphatic hydroxyl groups excluding tert-OH is 2. The first-order valence-electron chi connectivity index (χ1n) is 9.60. The van der Waals surface area contributed by atoms with Crippen molar-refractivity contribution in [2.24, 2.45) is 5.92 Å². The molecule has 8 nitrogen and oxygen atoms in total. The molecule has 0 saturated carbocycles. The van der Waals surface area contributed by atoms with Gasteiger partial charge in [0.1, 0.15) is 12.7 Å². The highest BCUT2D eigenvalue weighted by molar-refractivity contribution is 5.83. The topological polar surface area (TPSA) is 117 Å². The molecule has 0 bridgehead atoms. The zero-order valence-corrected chi connectivity index (χ0v) is 16.9.